The van der Waals surface area contributed by atoms with Crippen LogP contribution < -0.4 is 0 Å². The summed E-state index contributed by atoms with van der Waals surface area (Å²) in [7, 11) is 0. The Balaban J connectivity index is 2.11. The second-order valence-electron chi connectivity index (χ2n) is 4.39. The first-order valence-electron chi connectivity index (χ1n) is 6.22. The molecule has 19 heavy (non-hydrogen) atoms. The quantitative estimate of drug-likeness (QED) is 0.701. The third-order valence-electron chi connectivity index (χ3n) is 3.00. The van der Waals surface area contributed by atoms with E-state index >= 15 is 0 Å². The summed E-state index contributed by atoms with van der Waals surface area (Å²) < 4.78 is 19.3. The van der Waals surface area contributed by atoms with Crippen LogP contribution in [0.5, 0.6) is 0 Å². The largest absolute Gasteiger partial charge is 0.365 e. The van der Waals surface area contributed by atoms with Gasteiger partial charge in [0.2, 0.25) is 0 Å². The van der Waals surface area contributed by atoms with Gasteiger partial charge in [-0.2, -0.15) is 0 Å². The highest BCUT2D eigenvalue weighted by Crippen LogP contribution is 2.28. The first kappa shape index (κ1) is 14.2. The number of hydrogen-bond acceptors (Lipinski definition) is 1. The fourth-order valence-electron chi connectivity index (χ4n) is 1.96. The van der Waals surface area contributed by atoms with Crippen molar-refractivity contribution in [3.63, 3.8) is 0 Å². The lowest BCUT2D eigenvalue weighted by atomic mass is 10.1. The number of halogens is 2. The highest BCUT2D eigenvalue weighted by Gasteiger charge is 2.16. The number of hydrogen-bond donors (Lipinski definition) is 0. The van der Waals surface area contributed by atoms with E-state index < -0.39 is 0 Å². The van der Waals surface area contributed by atoms with E-state index in [0.717, 1.165) is 11.1 Å². The lowest BCUT2D eigenvalue weighted by Gasteiger charge is -2.21. The third-order valence-corrected chi connectivity index (χ3v) is 3.59. The minimum Gasteiger partial charge on any atom is -0.365 e. The van der Waals surface area contributed by atoms with E-state index in [2.05, 4.69) is 15.9 Å². The summed E-state index contributed by atoms with van der Waals surface area (Å²) in [6.45, 7) is 2.00. The maximum Gasteiger partial charge on any atom is 0.123 e. The highest BCUT2D eigenvalue weighted by atomic mass is 79.9. The van der Waals surface area contributed by atoms with Crippen molar-refractivity contribution in [1.82, 2.24) is 0 Å². The normalized spacial score (nSPS) is 14.1. The molecular weight excluding hydrogens is 307 g/mol. The molecule has 0 N–H and O–H groups in total. The number of alkyl halides is 1. The summed E-state index contributed by atoms with van der Waals surface area (Å²) in [4.78, 5) is 0. The molecule has 0 bridgehead atoms. The predicted molar refractivity (Wildman–Crippen MR) is 78.9 cm³/mol. The Hall–Kier alpha value is -1.19. The van der Waals surface area contributed by atoms with Crippen molar-refractivity contribution in [1.29, 1.82) is 0 Å². The Kier molecular flexibility index (Phi) is 5.11. The Morgan fingerprint density at radius 2 is 1.74 bits per heavy atom. The molecule has 3 heteroatoms. The number of benzene rings is 2. The number of rotatable bonds is 5. The van der Waals surface area contributed by atoms with Gasteiger partial charge in [0.25, 0.3) is 0 Å². The third kappa shape index (κ3) is 3.88. The Morgan fingerprint density at radius 1 is 1.05 bits per heavy atom. The topological polar surface area (TPSA) is 9.23 Å². The van der Waals surface area contributed by atoms with E-state index in [-0.39, 0.29) is 18.0 Å². The standard InChI is InChI=1S/C16H16BrFO/c1-12(13-6-3-2-4-7-13)19-16(11-17)14-8-5-9-15(18)10-14/h2-10,12,16H,11H2,1H3. The van der Waals surface area contributed by atoms with Crippen LogP contribution in [0.2, 0.25) is 0 Å². The van der Waals surface area contributed by atoms with Crippen LogP contribution in [0.25, 0.3) is 0 Å². The van der Waals surface area contributed by atoms with Gasteiger partial charge in [0.05, 0.1) is 12.2 Å². The molecule has 2 atom stereocenters. The summed E-state index contributed by atoms with van der Waals surface area (Å²) >= 11 is 3.43. The van der Waals surface area contributed by atoms with Crippen LogP contribution in [0, 0.1) is 5.82 Å². The second kappa shape index (κ2) is 6.83. The molecule has 0 saturated carbocycles. The summed E-state index contributed by atoms with van der Waals surface area (Å²) in [6, 6.07) is 16.6. The molecule has 2 rings (SSSR count). The van der Waals surface area contributed by atoms with E-state index in [0.29, 0.717) is 5.33 Å². The molecule has 0 aliphatic rings. The Morgan fingerprint density at radius 3 is 2.37 bits per heavy atom. The molecule has 0 radical (unpaired) electrons. The van der Waals surface area contributed by atoms with Crippen LogP contribution in [0.1, 0.15) is 30.3 Å². The van der Waals surface area contributed by atoms with E-state index in [1.54, 1.807) is 6.07 Å². The van der Waals surface area contributed by atoms with Crippen LogP contribution in [0.15, 0.2) is 54.6 Å². The molecule has 1 nitrogen and oxygen atoms in total. The maximum absolute atomic E-state index is 13.3. The molecule has 0 spiro atoms. The van der Waals surface area contributed by atoms with Gasteiger partial charge >= 0.3 is 0 Å². The zero-order valence-electron chi connectivity index (χ0n) is 10.7. The average Bonchev–Trinajstić information content (AvgIpc) is 2.45. The maximum atomic E-state index is 13.3. The minimum atomic E-state index is -0.237. The minimum absolute atomic E-state index is 0.0352. The van der Waals surface area contributed by atoms with Gasteiger partial charge in [-0.1, -0.05) is 58.4 Å². The van der Waals surface area contributed by atoms with Crippen molar-refractivity contribution in [3.05, 3.63) is 71.5 Å². The summed E-state index contributed by atoms with van der Waals surface area (Å²) in [5.74, 6) is -0.237. The van der Waals surface area contributed by atoms with Crippen molar-refractivity contribution >= 4 is 15.9 Å². The molecule has 0 saturated heterocycles. The summed E-state index contributed by atoms with van der Waals surface area (Å²) in [5.41, 5.74) is 1.96. The predicted octanol–water partition coefficient (Wildman–Crippen LogP) is 5.04. The molecule has 2 aromatic rings. The van der Waals surface area contributed by atoms with E-state index in [1.807, 2.05) is 43.3 Å². The highest BCUT2D eigenvalue weighted by molar-refractivity contribution is 9.09. The monoisotopic (exact) mass is 322 g/mol. The van der Waals surface area contributed by atoms with Crippen molar-refractivity contribution in [2.45, 2.75) is 19.1 Å². The zero-order chi connectivity index (χ0) is 13.7. The van der Waals surface area contributed by atoms with Gasteiger partial charge in [-0.25, -0.2) is 4.39 Å². The fraction of sp³-hybridized carbons (Fsp3) is 0.250. The Labute approximate surface area is 121 Å². The van der Waals surface area contributed by atoms with Crippen LogP contribution >= 0.6 is 15.9 Å². The first-order chi connectivity index (χ1) is 9.20. The molecule has 2 unspecified atom stereocenters. The Bertz CT molecular complexity index is 515. The molecule has 0 aliphatic heterocycles. The van der Waals surface area contributed by atoms with Crippen LogP contribution in [0.3, 0.4) is 0 Å². The van der Waals surface area contributed by atoms with E-state index in [1.165, 1.54) is 12.1 Å². The molecule has 2 aromatic carbocycles. The van der Waals surface area contributed by atoms with E-state index in [9.17, 15) is 4.39 Å². The van der Waals surface area contributed by atoms with Gasteiger partial charge in [-0.05, 0) is 30.2 Å². The lowest BCUT2D eigenvalue weighted by molar-refractivity contribution is 0.00917. The van der Waals surface area contributed by atoms with Crippen molar-refractivity contribution in [2.24, 2.45) is 0 Å². The van der Waals surface area contributed by atoms with Crippen molar-refractivity contribution in [3.8, 4) is 0 Å². The van der Waals surface area contributed by atoms with Gasteiger partial charge in [0.1, 0.15) is 5.82 Å². The van der Waals surface area contributed by atoms with Crippen LogP contribution in [-0.2, 0) is 4.74 Å². The van der Waals surface area contributed by atoms with Gasteiger partial charge in [0, 0.05) is 5.33 Å². The van der Waals surface area contributed by atoms with Crippen LogP contribution in [-0.4, -0.2) is 5.33 Å². The zero-order valence-corrected chi connectivity index (χ0v) is 12.3. The first-order valence-corrected chi connectivity index (χ1v) is 7.34. The van der Waals surface area contributed by atoms with Gasteiger partial charge in [-0.3, -0.25) is 0 Å². The van der Waals surface area contributed by atoms with Crippen molar-refractivity contribution < 1.29 is 9.13 Å². The molecule has 0 amide bonds. The molecule has 0 aliphatic carbocycles. The van der Waals surface area contributed by atoms with Gasteiger partial charge < -0.3 is 4.74 Å². The molecule has 0 fully saturated rings. The molecule has 0 heterocycles. The van der Waals surface area contributed by atoms with Crippen LogP contribution in [0.4, 0.5) is 4.39 Å². The smallest absolute Gasteiger partial charge is 0.123 e. The molecular formula is C16H16BrFO. The summed E-state index contributed by atoms with van der Waals surface area (Å²) in [6.07, 6.45) is -0.196. The lowest BCUT2D eigenvalue weighted by Crippen LogP contribution is -2.09. The summed E-state index contributed by atoms with van der Waals surface area (Å²) in [5, 5.41) is 0.633. The van der Waals surface area contributed by atoms with E-state index in [4.69, 9.17) is 4.74 Å². The SMILES string of the molecule is CC(OC(CBr)c1cccc(F)c1)c1ccccc1. The fourth-order valence-corrected chi connectivity index (χ4v) is 2.49. The van der Waals surface area contributed by atoms with Gasteiger partial charge in [0.15, 0.2) is 0 Å². The average molecular weight is 323 g/mol. The molecule has 100 valence electrons. The number of ether oxygens (including phenoxy) is 1. The molecule has 0 aromatic heterocycles. The van der Waals surface area contributed by atoms with Gasteiger partial charge in [-0.15, -0.1) is 0 Å². The second-order valence-corrected chi connectivity index (χ2v) is 5.03. The van der Waals surface area contributed by atoms with Crippen molar-refractivity contribution in [2.75, 3.05) is 5.33 Å².